The summed E-state index contributed by atoms with van der Waals surface area (Å²) in [7, 11) is 0. The van der Waals surface area contributed by atoms with Gasteiger partial charge < -0.3 is 5.32 Å². The lowest BCUT2D eigenvalue weighted by Gasteiger charge is -2.10. The van der Waals surface area contributed by atoms with Crippen molar-refractivity contribution in [2.24, 2.45) is 0 Å². The number of pyridine rings is 2. The minimum Gasteiger partial charge on any atom is -0.320 e. The summed E-state index contributed by atoms with van der Waals surface area (Å²) in [6.45, 7) is 1.82. The molecule has 0 unspecified atom stereocenters. The number of nitrogens with zero attached hydrogens (tertiary/aromatic N) is 8. The number of anilines is 1. The summed E-state index contributed by atoms with van der Waals surface area (Å²) in [6.07, 6.45) is 7.51. The lowest BCUT2D eigenvalue weighted by Crippen LogP contribution is -2.14. The number of benzene rings is 1. The molecule has 0 aliphatic carbocycles. The second-order valence-corrected chi connectivity index (χ2v) is 6.90. The average Bonchev–Trinajstić information content (AvgIpc) is 3.49. The molecule has 5 aromatic rings. The molecule has 1 amide bonds. The fourth-order valence-electron chi connectivity index (χ4n) is 3.45. The van der Waals surface area contributed by atoms with E-state index in [0.717, 1.165) is 16.6 Å². The van der Waals surface area contributed by atoms with Crippen LogP contribution in [0.2, 0.25) is 0 Å². The van der Waals surface area contributed by atoms with Crippen LogP contribution in [-0.4, -0.2) is 40.4 Å². The van der Waals surface area contributed by atoms with E-state index in [9.17, 15) is 10.1 Å². The third-order valence-electron chi connectivity index (χ3n) is 4.99. The van der Waals surface area contributed by atoms with Crippen LogP contribution in [0.4, 0.5) is 5.69 Å². The molecule has 5 rings (SSSR count). The van der Waals surface area contributed by atoms with Crippen LogP contribution < -0.4 is 5.32 Å². The number of carbonyl (C=O) groups is 1. The largest absolute Gasteiger partial charge is 0.320 e. The maximum atomic E-state index is 12.9. The molecule has 0 fully saturated rings. The molecule has 4 aromatic heterocycles. The fraction of sp³-hybridized carbons (Fsp3) is 0.0455. The lowest BCUT2D eigenvalue weighted by molar-refractivity contribution is 0.102. The summed E-state index contributed by atoms with van der Waals surface area (Å²) >= 11 is 0. The average molecular weight is 421 g/mol. The smallest absolute Gasteiger partial charge is 0.259 e. The topological polar surface area (TPSA) is 127 Å². The van der Waals surface area contributed by atoms with Crippen LogP contribution in [0.3, 0.4) is 0 Å². The minimum absolute atomic E-state index is 0.254. The number of nitriles is 1. The van der Waals surface area contributed by atoms with E-state index in [1.807, 2.05) is 37.3 Å². The van der Waals surface area contributed by atoms with Crippen LogP contribution >= 0.6 is 0 Å². The molecule has 0 saturated heterocycles. The van der Waals surface area contributed by atoms with Crippen LogP contribution in [0.1, 0.15) is 21.6 Å². The Morgan fingerprint density at radius 2 is 2.03 bits per heavy atom. The third-order valence-corrected chi connectivity index (χ3v) is 4.99. The highest BCUT2D eigenvalue weighted by molar-refractivity contribution is 6.05. The Kier molecular flexibility index (Phi) is 4.61. The van der Waals surface area contributed by atoms with Gasteiger partial charge in [0.05, 0.1) is 46.1 Å². The van der Waals surface area contributed by atoms with E-state index in [1.165, 1.54) is 35.8 Å². The maximum absolute atomic E-state index is 12.9. The molecule has 0 aliphatic rings. The van der Waals surface area contributed by atoms with Gasteiger partial charge in [0.25, 0.3) is 5.91 Å². The number of aromatic nitrogens is 7. The van der Waals surface area contributed by atoms with Gasteiger partial charge in [-0.05, 0) is 37.3 Å². The fourth-order valence-corrected chi connectivity index (χ4v) is 3.45. The van der Waals surface area contributed by atoms with Crippen molar-refractivity contribution in [3.63, 3.8) is 0 Å². The van der Waals surface area contributed by atoms with Gasteiger partial charge in [-0.3, -0.25) is 9.78 Å². The van der Waals surface area contributed by atoms with Gasteiger partial charge in [-0.2, -0.15) is 15.5 Å². The second kappa shape index (κ2) is 7.73. The van der Waals surface area contributed by atoms with E-state index >= 15 is 0 Å². The summed E-state index contributed by atoms with van der Waals surface area (Å²) in [4.78, 5) is 25.4. The van der Waals surface area contributed by atoms with E-state index in [1.54, 1.807) is 10.9 Å². The molecule has 0 saturated carbocycles. The Morgan fingerprint density at radius 1 is 1.12 bits per heavy atom. The van der Waals surface area contributed by atoms with Gasteiger partial charge in [0.2, 0.25) is 0 Å². The van der Waals surface area contributed by atoms with Gasteiger partial charge in [-0.25, -0.2) is 19.3 Å². The quantitative estimate of drug-likeness (QED) is 0.473. The van der Waals surface area contributed by atoms with E-state index < -0.39 is 0 Å². The van der Waals surface area contributed by atoms with Crippen LogP contribution in [0.5, 0.6) is 0 Å². The predicted octanol–water partition coefficient (Wildman–Crippen LogP) is 2.83. The highest BCUT2D eigenvalue weighted by atomic mass is 16.1. The van der Waals surface area contributed by atoms with Crippen molar-refractivity contribution in [2.45, 2.75) is 6.92 Å². The van der Waals surface area contributed by atoms with Crippen LogP contribution in [0, 0.1) is 18.3 Å². The van der Waals surface area contributed by atoms with Gasteiger partial charge in [0.1, 0.15) is 18.7 Å². The summed E-state index contributed by atoms with van der Waals surface area (Å²) in [5, 5.41) is 21.6. The molecule has 0 spiro atoms. The van der Waals surface area contributed by atoms with E-state index in [2.05, 4.69) is 36.5 Å². The number of hydrogen-bond donors (Lipinski definition) is 1. The predicted molar refractivity (Wildman–Crippen MR) is 115 cm³/mol. The SMILES string of the molecule is Cc1c(C(=O)Nc2cnc(-n3cncn3)c(C#N)c2)cnn1-c1cccc2ncccc12. The molecule has 154 valence electrons. The normalized spacial score (nSPS) is 10.8. The first-order chi connectivity index (χ1) is 15.7. The van der Waals surface area contributed by atoms with Crippen molar-refractivity contribution < 1.29 is 4.79 Å². The molecule has 1 N–H and O–H groups in total. The van der Waals surface area contributed by atoms with Crippen molar-refractivity contribution in [2.75, 3.05) is 5.32 Å². The van der Waals surface area contributed by atoms with Crippen LogP contribution in [0.25, 0.3) is 22.4 Å². The zero-order valence-electron chi connectivity index (χ0n) is 16.8. The first-order valence-corrected chi connectivity index (χ1v) is 9.61. The Bertz CT molecular complexity index is 1490. The highest BCUT2D eigenvalue weighted by Crippen LogP contribution is 2.23. The zero-order valence-corrected chi connectivity index (χ0v) is 16.8. The van der Waals surface area contributed by atoms with Gasteiger partial charge >= 0.3 is 0 Å². The molecule has 0 bridgehead atoms. The van der Waals surface area contributed by atoms with Crippen molar-refractivity contribution in [3.8, 4) is 17.6 Å². The number of fused-ring (bicyclic) bond motifs is 1. The summed E-state index contributed by atoms with van der Waals surface area (Å²) < 4.78 is 3.10. The number of rotatable bonds is 4. The molecule has 4 heterocycles. The molecule has 32 heavy (non-hydrogen) atoms. The Morgan fingerprint density at radius 3 is 2.84 bits per heavy atom. The first kappa shape index (κ1) is 19.1. The third kappa shape index (κ3) is 3.23. The Hall–Kier alpha value is -4.91. The van der Waals surface area contributed by atoms with E-state index in [-0.39, 0.29) is 11.5 Å². The number of carbonyl (C=O) groups excluding carboxylic acids is 1. The maximum Gasteiger partial charge on any atom is 0.259 e. The Labute approximate surface area is 181 Å². The minimum atomic E-state index is -0.355. The van der Waals surface area contributed by atoms with Gasteiger partial charge in [0, 0.05) is 11.6 Å². The van der Waals surface area contributed by atoms with Crippen molar-refractivity contribution >= 4 is 22.5 Å². The molecule has 0 atom stereocenters. The lowest BCUT2D eigenvalue weighted by atomic mass is 10.1. The number of hydrogen-bond acceptors (Lipinski definition) is 7. The standard InChI is InChI=1S/C22H15N9O/c1-14-18(11-27-31(14)20-6-2-5-19-17(20)4-3-7-25-19)22(32)29-16-8-15(9-23)21(26-10-16)30-13-24-12-28-30/h2-8,10-13H,1H3,(H,29,32). The second-order valence-electron chi connectivity index (χ2n) is 6.90. The van der Waals surface area contributed by atoms with Crippen molar-refractivity contribution in [1.82, 2.24) is 34.5 Å². The number of amides is 1. The Balaban J connectivity index is 1.45. The molecule has 10 nitrogen and oxygen atoms in total. The monoisotopic (exact) mass is 421 g/mol. The van der Waals surface area contributed by atoms with E-state index in [4.69, 9.17) is 0 Å². The zero-order chi connectivity index (χ0) is 22.1. The van der Waals surface area contributed by atoms with Crippen molar-refractivity contribution in [1.29, 1.82) is 5.26 Å². The molecule has 10 heteroatoms. The van der Waals surface area contributed by atoms with Gasteiger partial charge in [0.15, 0.2) is 5.82 Å². The number of nitrogens with one attached hydrogen (secondary N) is 1. The molecule has 1 aromatic carbocycles. The first-order valence-electron chi connectivity index (χ1n) is 9.61. The van der Waals surface area contributed by atoms with Crippen molar-refractivity contribution in [3.05, 3.63) is 84.5 Å². The van der Waals surface area contributed by atoms with Crippen LogP contribution in [0.15, 0.2) is 67.6 Å². The van der Waals surface area contributed by atoms with E-state index in [0.29, 0.717) is 22.8 Å². The van der Waals surface area contributed by atoms with Gasteiger partial charge in [-0.15, -0.1) is 0 Å². The van der Waals surface area contributed by atoms with Crippen LogP contribution in [-0.2, 0) is 0 Å². The molecule has 0 radical (unpaired) electrons. The molecular weight excluding hydrogens is 406 g/mol. The summed E-state index contributed by atoms with van der Waals surface area (Å²) in [6, 6.07) is 13.2. The molecule has 0 aliphatic heterocycles. The summed E-state index contributed by atoms with van der Waals surface area (Å²) in [5.41, 5.74) is 3.39. The molecular formula is C22H15N9O. The summed E-state index contributed by atoms with van der Waals surface area (Å²) in [5.74, 6) is -0.0251. The van der Waals surface area contributed by atoms with Gasteiger partial charge in [-0.1, -0.05) is 6.07 Å². The highest BCUT2D eigenvalue weighted by Gasteiger charge is 2.18.